The number of hydrogen-bond acceptors (Lipinski definition) is 0. The van der Waals surface area contributed by atoms with Crippen LogP contribution in [0.1, 0.15) is 52.7 Å². The van der Waals surface area contributed by atoms with Crippen molar-refractivity contribution < 1.29 is 0 Å². The zero-order valence-electron chi connectivity index (χ0n) is 28.2. The predicted molar refractivity (Wildman–Crippen MR) is 204 cm³/mol. The third kappa shape index (κ3) is 4.84. The minimum Gasteiger partial charge on any atom is -0.309 e. The lowest BCUT2D eigenvalue weighted by Crippen LogP contribution is -2.11. The molecule has 230 valence electrons. The summed E-state index contributed by atoms with van der Waals surface area (Å²) >= 11 is 0. The normalized spacial score (nSPS) is 12.5. The first kappa shape index (κ1) is 29.3. The summed E-state index contributed by atoms with van der Waals surface area (Å²) in [4.78, 5) is 0. The Morgan fingerprint density at radius 2 is 0.872 bits per heavy atom. The van der Waals surface area contributed by atoms with Gasteiger partial charge in [-0.05, 0) is 108 Å². The molecule has 0 aliphatic carbocycles. The molecule has 8 aromatic rings. The van der Waals surface area contributed by atoms with E-state index in [0.29, 0.717) is 0 Å². The van der Waals surface area contributed by atoms with Crippen LogP contribution in [0.15, 0.2) is 140 Å². The highest BCUT2D eigenvalue weighted by atomic mass is 15.0. The lowest BCUT2D eigenvalue weighted by Gasteiger charge is -2.25. The van der Waals surface area contributed by atoms with Gasteiger partial charge in [0.05, 0.1) is 11.0 Å². The maximum Gasteiger partial charge on any atom is 0.0541 e. The molecule has 1 aromatic heterocycles. The zero-order valence-corrected chi connectivity index (χ0v) is 28.2. The van der Waals surface area contributed by atoms with Gasteiger partial charge in [0, 0.05) is 16.5 Å². The fourth-order valence-electron chi connectivity index (χ4n) is 7.37. The molecule has 0 aliphatic rings. The van der Waals surface area contributed by atoms with E-state index >= 15 is 0 Å². The van der Waals surface area contributed by atoms with Gasteiger partial charge in [-0.3, -0.25) is 0 Å². The number of rotatable bonds is 3. The van der Waals surface area contributed by atoms with E-state index in [2.05, 4.69) is 186 Å². The van der Waals surface area contributed by atoms with Crippen LogP contribution in [0, 0.1) is 0 Å². The summed E-state index contributed by atoms with van der Waals surface area (Å²) in [6.45, 7) is 13.9. The molecule has 0 spiro atoms. The molecular weight excluding hydrogens is 567 g/mol. The minimum absolute atomic E-state index is 0.0243. The van der Waals surface area contributed by atoms with Crippen LogP contribution >= 0.6 is 0 Å². The van der Waals surface area contributed by atoms with Crippen molar-refractivity contribution in [1.82, 2.24) is 4.57 Å². The zero-order chi connectivity index (χ0) is 32.5. The lowest BCUT2D eigenvalue weighted by molar-refractivity contribution is 0.590. The van der Waals surface area contributed by atoms with Gasteiger partial charge < -0.3 is 4.57 Å². The molecule has 1 nitrogen and oxygen atoms in total. The summed E-state index contributed by atoms with van der Waals surface area (Å²) in [7, 11) is 0. The summed E-state index contributed by atoms with van der Waals surface area (Å²) in [5.74, 6) is 0. The Balaban J connectivity index is 1.53. The molecular formula is C46H41N. The first-order valence-corrected chi connectivity index (χ1v) is 16.8. The second kappa shape index (κ2) is 10.7. The Morgan fingerprint density at radius 3 is 1.47 bits per heavy atom. The van der Waals surface area contributed by atoms with Gasteiger partial charge in [0.25, 0.3) is 0 Å². The molecule has 0 saturated heterocycles. The largest absolute Gasteiger partial charge is 0.309 e. The van der Waals surface area contributed by atoms with E-state index in [4.69, 9.17) is 0 Å². The molecule has 0 amide bonds. The maximum atomic E-state index is 2.46. The van der Waals surface area contributed by atoms with Crippen molar-refractivity contribution in [2.75, 3.05) is 0 Å². The van der Waals surface area contributed by atoms with Gasteiger partial charge in [-0.15, -0.1) is 0 Å². The first-order valence-electron chi connectivity index (χ1n) is 16.8. The Labute approximate surface area is 278 Å². The number of nitrogens with zero attached hydrogens (tertiary/aromatic N) is 1. The van der Waals surface area contributed by atoms with Crippen molar-refractivity contribution >= 4 is 43.4 Å². The highest BCUT2D eigenvalue weighted by Crippen LogP contribution is 2.47. The van der Waals surface area contributed by atoms with E-state index in [1.165, 1.54) is 82.4 Å². The number of benzene rings is 7. The highest BCUT2D eigenvalue weighted by molar-refractivity contribution is 6.22. The molecule has 0 radical (unpaired) electrons. The quantitative estimate of drug-likeness (QED) is 0.176. The smallest absolute Gasteiger partial charge is 0.0541 e. The van der Waals surface area contributed by atoms with Crippen molar-refractivity contribution in [3.63, 3.8) is 0 Å². The number of hydrogen-bond donors (Lipinski definition) is 0. The van der Waals surface area contributed by atoms with Crippen molar-refractivity contribution in [3.05, 3.63) is 151 Å². The Bertz CT molecular complexity index is 2450. The molecule has 0 saturated carbocycles. The van der Waals surface area contributed by atoms with Gasteiger partial charge in [-0.2, -0.15) is 0 Å². The Hall–Kier alpha value is -5.14. The standard InChI is InChI=1S/C46H41N/c1-45(2,3)32-23-25-37-39(28-32)43(30-15-9-7-10-16-30)36-24-22-33(46(4,5)6)29-40(36)44(37)31-21-26-42-38(27-31)35-19-13-14-20-41(35)47(42)34-17-11-8-12-18-34/h7-29H,1-6H3. The van der Waals surface area contributed by atoms with Crippen LogP contribution in [0.5, 0.6) is 0 Å². The number of fused-ring (bicyclic) bond motifs is 5. The second-order valence-electron chi connectivity index (χ2n) is 15.1. The van der Waals surface area contributed by atoms with Crippen molar-refractivity contribution in [2.45, 2.75) is 52.4 Å². The van der Waals surface area contributed by atoms with Crippen LogP contribution in [0.4, 0.5) is 0 Å². The monoisotopic (exact) mass is 607 g/mol. The number of para-hydroxylation sites is 2. The van der Waals surface area contributed by atoms with Crippen LogP contribution in [0.2, 0.25) is 0 Å². The summed E-state index contributed by atoms with van der Waals surface area (Å²) in [5.41, 5.74) is 11.5. The first-order chi connectivity index (χ1) is 22.6. The van der Waals surface area contributed by atoms with Crippen LogP contribution < -0.4 is 0 Å². The van der Waals surface area contributed by atoms with E-state index in [1.54, 1.807) is 0 Å². The van der Waals surface area contributed by atoms with E-state index in [9.17, 15) is 0 Å². The molecule has 1 heterocycles. The number of aromatic nitrogens is 1. The summed E-state index contributed by atoms with van der Waals surface area (Å²) in [5, 5.41) is 7.74. The Kier molecular flexibility index (Phi) is 6.67. The molecule has 0 N–H and O–H groups in total. The van der Waals surface area contributed by atoms with Gasteiger partial charge in [0.2, 0.25) is 0 Å². The molecule has 0 fully saturated rings. The van der Waals surface area contributed by atoms with Crippen LogP contribution in [-0.4, -0.2) is 4.57 Å². The fourth-order valence-corrected chi connectivity index (χ4v) is 7.37. The van der Waals surface area contributed by atoms with Gasteiger partial charge in [-0.1, -0.05) is 139 Å². The highest BCUT2D eigenvalue weighted by Gasteiger charge is 2.23. The third-order valence-electron chi connectivity index (χ3n) is 9.89. The minimum atomic E-state index is 0.0243. The molecule has 0 bridgehead atoms. The molecule has 7 aromatic carbocycles. The molecule has 47 heavy (non-hydrogen) atoms. The van der Waals surface area contributed by atoms with Crippen molar-refractivity contribution in [3.8, 4) is 27.9 Å². The second-order valence-corrected chi connectivity index (χ2v) is 15.1. The molecule has 0 aliphatic heterocycles. The predicted octanol–water partition coefficient (Wildman–Crippen LogP) is 13.0. The van der Waals surface area contributed by atoms with Gasteiger partial charge in [0.15, 0.2) is 0 Å². The van der Waals surface area contributed by atoms with Crippen LogP contribution in [0.3, 0.4) is 0 Å². The summed E-state index contributed by atoms with van der Waals surface area (Å²) < 4.78 is 2.40. The fraction of sp³-hybridized carbons (Fsp3) is 0.174. The van der Waals surface area contributed by atoms with Crippen LogP contribution in [0.25, 0.3) is 71.3 Å². The van der Waals surface area contributed by atoms with E-state index in [-0.39, 0.29) is 10.8 Å². The van der Waals surface area contributed by atoms with E-state index in [0.717, 1.165) is 0 Å². The molecule has 0 unspecified atom stereocenters. The van der Waals surface area contributed by atoms with Crippen LogP contribution in [-0.2, 0) is 10.8 Å². The van der Waals surface area contributed by atoms with Gasteiger partial charge in [0.1, 0.15) is 0 Å². The average Bonchev–Trinajstić information content (AvgIpc) is 3.40. The summed E-state index contributed by atoms with van der Waals surface area (Å²) in [6.07, 6.45) is 0. The lowest BCUT2D eigenvalue weighted by atomic mass is 9.79. The maximum absolute atomic E-state index is 2.46. The topological polar surface area (TPSA) is 4.93 Å². The Morgan fingerprint density at radius 1 is 0.362 bits per heavy atom. The van der Waals surface area contributed by atoms with Gasteiger partial charge in [-0.25, -0.2) is 0 Å². The SMILES string of the molecule is CC(C)(C)c1ccc2c(-c3ccc4c(c3)c3ccccc3n4-c3ccccc3)c3cc(C(C)(C)C)ccc3c(-c3ccccc3)c2c1. The molecule has 1 heteroatoms. The van der Waals surface area contributed by atoms with E-state index in [1.807, 2.05) is 0 Å². The summed E-state index contributed by atoms with van der Waals surface area (Å²) in [6, 6.07) is 52.0. The van der Waals surface area contributed by atoms with Gasteiger partial charge >= 0.3 is 0 Å². The molecule has 0 atom stereocenters. The average molecular weight is 608 g/mol. The van der Waals surface area contributed by atoms with Crippen molar-refractivity contribution in [1.29, 1.82) is 0 Å². The molecule has 8 rings (SSSR count). The van der Waals surface area contributed by atoms with E-state index < -0.39 is 0 Å². The van der Waals surface area contributed by atoms with Crippen molar-refractivity contribution in [2.24, 2.45) is 0 Å². The third-order valence-corrected chi connectivity index (χ3v) is 9.89.